The Balaban J connectivity index is 0.891. The van der Waals surface area contributed by atoms with Crippen molar-refractivity contribution in [2.75, 3.05) is 33.3 Å². The van der Waals surface area contributed by atoms with Crippen LogP contribution in [0.2, 0.25) is 0 Å². The highest BCUT2D eigenvalue weighted by molar-refractivity contribution is 6.03. The fourth-order valence-corrected chi connectivity index (χ4v) is 9.63. The number of aromatic amines is 1. The number of ether oxygens (including phenoxy) is 1. The number of allylic oxidation sites excluding steroid dienone is 1. The zero-order valence-electron chi connectivity index (χ0n) is 33.9. The Morgan fingerprint density at radius 1 is 0.810 bits per heavy atom. The van der Waals surface area contributed by atoms with E-state index in [9.17, 15) is 14.4 Å². The highest BCUT2D eigenvalue weighted by atomic mass is 16.5. The maximum Gasteiger partial charge on any atom is 0.407 e. The van der Waals surface area contributed by atoms with Crippen molar-refractivity contribution < 1.29 is 19.1 Å². The van der Waals surface area contributed by atoms with E-state index < -0.39 is 6.09 Å². The second kappa shape index (κ2) is 17.5. The van der Waals surface area contributed by atoms with Crippen LogP contribution in [-0.4, -0.2) is 93.7 Å². The van der Waals surface area contributed by atoms with Gasteiger partial charge in [-0.2, -0.15) is 0 Å². The molecule has 0 spiro atoms. The van der Waals surface area contributed by atoms with Gasteiger partial charge in [0.1, 0.15) is 11.9 Å². The lowest BCUT2D eigenvalue weighted by atomic mass is 9.95. The quantitative estimate of drug-likeness (QED) is 0.150. The number of carbonyl (C=O) groups excluding carboxylic acids is 3. The standard InChI is InChI=1S/C47H55N7O4/c1-4-52(5-2)43(35-12-7-6-8-13-35)46(56)54-27-11-17-42(54)44-49-30-40(50-44)34-24-22-32(23-25-34)31-18-20-33(21-19-31)36-28-39(48-29-36)41-16-10-26-53(41)45(55)37-14-9-15-38(37)51-47(57)58-3/h6-8,12-13,18-25,29-30,37-38,41-43H,4-5,9-11,14-17,26-28H2,1-3H3,(H,49,50)(H,51,57)/t37-,38+,41-,42-,43+/m0/s1. The van der Waals surface area contributed by atoms with E-state index in [1.54, 1.807) is 0 Å². The van der Waals surface area contributed by atoms with Crippen molar-refractivity contribution >= 4 is 29.2 Å². The van der Waals surface area contributed by atoms with Gasteiger partial charge in [0.25, 0.3) is 0 Å². The number of benzene rings is 3. The lowest BCUT2D eigenvalue weighted by molar-refractivity contribution is -0.138. The first-order chi connectivity index (χ1) is 28.4. The molecule has 3 aromatic carbocycles. The molecule has 8 rings (SSSR count). The molecule has 4 heterocycles. The first kappa shape index (κ1) is 39.3. The van der Waals surface area contributed by atoms with Crippen molar-refractivity contribution in [3.63, 3.8) is 0 Å². The van der Waals surface area contributed by atoms with Gasteiger partial charge in [-0.05, 0) is 85.0 Å². The number of methoxy groups -OCH3 is 1. The summed E-state index contributed by atoms with van der Waals surface area (Å²) in [6.45, 7) is 7.27. The summed E-state index contributed by atoms with van der Waals surface area (Å²) < 4.78 is 4.81. The number of hydrogen-bond donors (Lipinski definition) is 2. The van der Waals surface area contributed by atoms with Crippen molar-refractivity contribution in [2.45, 2.75) is 89.4 Å². The average molecular weight is 782 g/mol. The number of aromatic nitrogens is 2. The smallest absolute Gasteiger partial charge is 0.407 e. The number of nitrogens with one attached hydrogen (secondary N) is 2. The molecule has 58 heavy (non-hydrogen) atoms. The summed E-state index contributed by atoms with van der Waals surface area (Å²) in [6, 6.07) is 26.7. The van der Waals surface area contributed by atoms with Gasteiger partial charge in [0.05, 0.1) is 37.0 Å². The Morgan fingerprint density at radius 3 is 2.16 bits per heavy atom. The minimum atomic E-state index is -0.478. The van der Waals surface area contributed by atoms with Crippen molar-refractivity contribution in [1.82, 2.24) is 30.0 Å². The second-order valence-electron chi connectivity index (χ2n) is 16.0. The van der Waals surface area contributed by atoms with Gasteiger partial charge in [0, 0.05) is 37.5 Å². The van der Waals surface area contributed by atoms with Gasteiger partial charge >= 0.3 is 6.09 Å². The van der Waals surface area contributed by atoms with E-state index >= 15 is 0 Å². The molecule has 0 unspecified atom stereocenters. The van der Waals surface area contributed by atoms with Crippen molar-refractivity contribution in [3.8, 4) is 22.4 Å². The average Bonchev–Trinajstić information content (AvgIpc) is 4.12. The molecule has 1 saturated carbocycles. The Bertz CT molecular complexity index is 2140. The lowest BCUT2D eigenvalue weighted by Gasteiger charge is -2.34. The number of hydrogen-bond acceptors (Lipinski definition) is 7. The van der Waals surface area contributed by atoms with Crippen LogP contribution in [0.25, 0.3) is 28.0 Å². The number of imidazole rings is 1. The van der Waals surface area contributed by atoms with E-state index in [2.05, 4.69) is 89.7 Å². The predicted molar refractivity (Wildman–Crippen MR) is 227 cm³/mol. The summed E-state index contributed by atoms with van der Waals surface area (Å²) in [5.74, 6) is 0.878. The molecule has 11 heteroatoms. The fourth-order valence-electron chi connectivity index (χ4n) is 9.63. The fraction of sp³-hybridized carbons (Fsp3) is 0.426. The first-order valence-corrected chi connectivity index (χ1v) is 21.1. The Hall–Kier alpha value is -5.55. The molecular weight excluding hydrogens is 727 g/mol. The van der Waals surface area contributed by atoms with Crippen molar-refractivity contribution in [3.05, 3.63) is 108 Å². The van der Waals surface area contributed by atoms with E-state index in [1.807, 2.05) is 40.4 Å². The first-order valence-electron chi connectivity index (χ1n) is 21.1. The maximum atomic E-state index is 14.2. The van der Waals surface area contributed by atoms with E-state index in [1.165, 1.54) is 7.11 Å². The van der Waals surface area contributed by atoms with Crippen LogP contribution in [0.3, 0.4) is 0 Å². The van der Waals surface area contributed by atoms with E-state index in [-0.39, 0.29) is 41.9 Å². The van der Waals surface area contributed by atoms with E-state index in [0.29, 0.717) is 0 Å². The van der Waals surface area contributed by atoms with Gasteiger partial charge in [-0.1, -0.05) is 99.1 Å². The Kier molecular flexibility index (Phi) is 11.9. The number of amides is 3. The summed E-state index contributed by atoms with van der Waals surface area (Å²) in [4.78, 5) is 59.4. The number of likely N-dealkylation sites (tertiary alicyclic amines) is 2. The summed E-state index contributed by atoms with van der Waals surface area (Å²) >= 11 is 0. The van der Waals surface area contributed by atoms with Gasteiger partial charge in [0.15, 0.2) is 0 Å². The van der Waals surface area contributed by atoms with Gasteiger partial charge < -0.3 is 24.8 Å². The molecule has 302 valence electrons. The Morgan fingerprint density at radius 2 is 1.47 bits per heavy atom. The third kappa shape index (κ3) is 7.97. The molecule has 1 aromatic heterocycles. The van der Waals surface area contributed by atoms with Gasteiger partial charge in [-0.15, -0.1) is 0 Å². The molecular formula is C47H55N7O4. The van der Waals surface area contributed by atoms with Crippen LogP contribution in [0, 0.1) is 5.92 Å². The van der Waals surface area contributed by atoms with Crippen LogP contribution in [0.5, 0.6) is 0 Å². The second-order valence-corrected chi connectivity index (χ2v) is 16.0. The minimum Gasteiger partial charge on any atom is -0.453 e. The highest BCUT2D eigenvalue weighted by Gasteiger charge is 2.42. The molecule has 1 aliphatic carbocycles. The largest absolute Gasteiger partial charge is 0.453 e. The SMILES string of the molecule is CCN(CC)[C@@H](C(=O)N1CCC[C@H]1c1ncc(-c2ccc(-c3ccc(C4=CN=C([C@@H]5CCCN5C(=O)[C@H]5CCC[C@H]5NC(=O)OC)C4)cc3)cc2)[nH]1)c1ccccc1. The maximum absolute atomic E-state index is 14.2. The molecule has 11 nitrogen and oxygen atoms in total. The molecule has 2 N–H and O–H groups in total. The van der Waals surface area contributed by atoms with Gasteiger partial charge in [-0.25, -0.2) is 9.78 Å². The monoisotopic (exact) mass is 781 g/mol. The van der Waals surface area contributed by atoms with Crippen molar-refractivity contribution in [2.24, 2.45) is 10.9 Å². The van der Waals surface area contributed by atoms with Crippen LogP contribution in [0.4, 0.5) is 4.79 Å². The van der Waals surface area contributed by atoms with E-state index in [0.717, 1.165) is 128 Å². The van der Waals surface area contributed by atoms with Crippen molar-refractivity contribution in [1.29, 1.82) is 0 Å². The number of alkyl carbamates (subject to hydrolysis) is 1. The third-order valence-electron chi connectivity index (χ3n) is 12.8. The molecule has 3 amide bonds. The van der Waals surface area contributed by atoms with Gasteiger partial charge in [-0.3, -0.25) is 19.5 Å². The summed E-state index contributed by atoms with van der Waals surface area (Å²) in [6.07, 6.45) is 10.3. The highest BCUT2D eigenvalue weighted by Crippen LogP contribution is 2.37. The molecule has 4 aromatic rings. The van der Waals surface area contributed by atoms with Gasteiger partial charge in [0.2, 0.25) is 11.8 Å². The topological polar surface area (TPSA) is 123 Å². The Labute approximate surface area is 341 Å². The number of nitrogens with zero attached hydrogens (tertiary/aromatic N) is 5. The lowest BCUT2D eigenvalue weighted by Crippen LogP contribution is -2.48. The molecule has 3 aliphatic heterocycles. The molecule has 0 bridgehead atoms. The van der Waals surface area contributed by atoms with Crippen LogP contribution in [0.1, 0.15) is 94.2 Å². The molecule has 5 atom stereocenters. The zero-order chi connectivity index (χ0) is 40.2. The van der Waals surface area contributed by atoms with Crippen LogP contribution in [-0.2, 0) is 14.3 Å². The number of rotatable bonds is 12. The summed E-state index contributed by atoms with van der Waals surface area (Å²) in [5, 5.41) is 2.88. The zero-order valence-corrected chi connectivity index (χ0v) is 33.9. The van der Waals surface area contributed by atoms with E-state index in [4.69, 9.17) is 14.7 Å². The number of carbonyl (C=O) groups is 3. The molecule has 2 saturated heterocycles. The summed E-state index contributed by atoms with van der Waals surface area (Å²) in [5.41, 5.74) is 8.59. The third-order valence-corrected chi connectivity index (χ3v) is 12.8. The molecule has 4 aliphatic rings. The number of H-pyrrole nitrogens is 1. The minimum absolute atomic E-state index is 0.00601. The molecule has 3 fully saturated rings. The van der Waals surface area contributed by atoms with Crippen LogP contribution >= 0.6 is 0 Å². The summed E-state index contributed by atoms with van der Waals surface area (Å²) in [7, 11) is 1.36. The normalized spacial score (nSPS) is 22.3. The molecule has 0 radical (unpaired) electrons. The van der Waals surface area contributed by atoms with Crippen LogP contribution in [0.15, 0.2) is 96.3 Å². The number of likely N-dealkylation sites (N-methyl/N-ethyl adjacent to an activating group) is 1. The van der Waals surface area contributed by atoms with Crippen LogP contribution < -0.4 is 5.32 Å². The predicted octanol–water partition coefficient (Wildman–Crippen LogP) is 8.19. The number of aliphatic imine (C=N–C) groups is 1.